The molecule has 0 bridgehead atoms. The van der Waals surface area contributed by atoms with E-state index < -0.39 is 0 Å². The Bertz CT molecular complexity index is 232. The number of rotatable bonds is 2. The zero-order valence-electron chi connectivity index (χ0n) is 9.99. The number of allylic oxidation sites excluding steroid dienone is 4. The van der Waals surface area contributed by atoms with Crippen molar-refractivity contribution in [3.05, 3.63) is 23.7 Å². The molecule has 6 heteroatoms. The Balaban J connectivity index is -0.0000000800. The predicted molar refractivity (Wildman–Crippen MR) is 58.2 cm³/mol. The van der Waals surface area contributed by atoms with Crippen molar-refractivity contribution in [3.8, 4) is 0 Å². The van der Waals surface area contributed by atoms with Crippen LogP contribution in [0.15, 0.2) is 23.7 Å². The first-order chi connectivity index (χ1) is 6.25. The van der Waals surface area contributed by atoms with Gasteiger partial charge in [-0.1, -0.05) is 13.8 Å². The van der Waals surface area contributed by atoms with Crippen LogP contribution in [0.3, 0.4) is 0 Å². The maximum absolute atomic E-state index is 9.98. The van der Waals surface area contributed by atoms with Crippen LogP contribution in [-0.4, -0.2) is 65.9 Å². The van der Waals surface area contributed by atoms with Gasteiger partial charge < -0.3 is 15.7 Å². The van der Waals surface area contributed by atoms with Gasteiger partial charge in [0.05, 0.1) is 0 Å². The summed E-state index contributed by atoms with van der Waals surface area (Å²) in [5, 5.41) is 20.0. The van der Waals surface area contributed by atoms with Crippen LogP contribution in [0.4, 0.5) is 0 Å². The number of hydrogen-bond donors (Lipinski definition) is 0. The van der Waals surface area contributed by atoms with Crippen LogP contribution >= 0.6 is 0 Å². The summed E-state index contributed by atoms with van der Waals surface area (Å²) >= 11 is 0. The third-order valence-electron chi connectivity index (χ3n) is 0.813. The molecule has 0 saturated heterocycles. The normalized spacial score (nSPS) is 10.0. The fraction of sp³-hybridized carbons (Fsp3) is 0.400. The molecule has 0 aliphatic rings. The molecule has 2 N–H and O–H groups in total. The smallest absolute Gasteiger partial charge is 0.876 e. The molecule has 0 unspecified atom stereocenters. The molecule has 0 aromatic carbocycles. The first-order valence-corrected chi connectivity index (χ1v) is 3.97. The molecule has 0 spiro atoms. The van der Waals surface area contributed by atoms with Crippen molar-refractivity contribution in [1.29, 1.82) is 0 Å². The van der Waals surface area contributed by atoms with Crippen LogP contribution in [-0.2, 0) is 9.59 Å². The van der Waals surface area contributed by atoms with E-state index in [2.05, 4.69) is 0 Å². The van der Waals surface area contributed by atoms with Crippen LogP contribution in [0.5, 0.6) is 0 Å². The summed E-state index contributed by atoms with van der Waals surface area (Å²) in [5.41, 5.74) is 0. The van der Waals surface area contributed by atoms with Gasteiger partial charge in [0.1, 0.15) is 0 Å². The summed E-state index contributed by atoms with van der Waals surface area (Å²) < 4.78 is 0. The zero-order chi connectivity index (χ0) is 11.7. The SMILES string of the molecule is CC(=O)/C=C(\C)[O-].CC(=O)/C=C(\C)[O-].O.[Ba+2]. The molecule has 16 heavy (non-hydrogen) atoms. The van der Waals surface area contributed by atoms with Crippen LogP contribution in [0.1, 0.15) is 27.7 Å². The maximum atomic E-state index is 9.98. The minimum Gasteiger partial charge on any atom is -0.876 e. The van der Waals surface area contributed by atoms with Gasteiger partial charge in [-0.15, -0.1) is 11.5 Å². The molecule has 0 amide bonds. The molecule has 88 valence electrons. The summed E-state index contributed by atoms with van der Waals surface area (Å²) in [6.45, 7) is 5.39. The van der Waals surface area contributed by atoms with Gasteiger partial charge in [0, 0.05) is 0 Å². The average molecular weight is 354 g/mol. The second kappa shape index (κ2) is 15.0. The van der Waals surface area contributed by atoms with E-state index in [0.29, 0.717) is 0 Å². The van der Waals surface area contributed by atoms with Crippen molar-refractivity contribution in [2.75, 3.05) is 0 Å². The van der Waals surface area contributed by atoms with Gasteiger partial charge in [0.25, 0.3) is 0 Å². The molecular weight excluding hydrogens is 337 g/mol. The van der Waals surface area contributed by atoms with E-state index in [9.17, 15) is 19.8 Å². The van der Waals surface area contributed by atoms with Gasteiger partial charge in [-0.2, -0.15) is 0 Å². The Morgan fingerprint density at radius 2 is 1.00 bits per heavy atom. The van der Waals surface area contributed by atoms with E-state index in [0.717, 1.165) is 12.2 Å². The van der Waals surface area contributed by atoms with Crippen molar-refractivity contribution < 1.29 is 25.3 Å². The summed E-state index contributed by atoms with van der Waals surface area (Å²) in [4.78, 5) is 20.0. The fourth-order valence-corrected chi connectivity index (χ4v) is 0.572. The molecule has 0 saturated carbocycles. The van der Waals surface area contributed by atoms with Gasteiger partial charge in [-0.25, -0.2) is 0 Å². The quantitative estimate of drug-likeness (QED) is 0.341. The third-order valence-corrected chi connectivity index (χ3v) is 0.813. The summed E-state index contributed by atoms with van der Waals surface area (Å²) in [5.74, 6) is -0.750. The minimum absolute atomic E-state index is 0. The maximum Gasteiger partial charge on any atom is 2.00 e. The van der Waals surface area contributed by atoms with Gasteiger partial charge in [0.15, 0.2) is 11.6 Å². The largest absolute Gasteiger partial charge is 2.00 e. The molecule has 0 fully saturated rings. The molecule has 0 aromatic rings. The second-order valence-corrected chi connectivity index (χ2v) is 2.73. The van der Waals surface area contributed by atoms with Gasteiger partial charge in [-0.05, 0) is 26.0 Å². The van der Waals surface area contributed by atoms with E-state index in [1.54, 1.807) is 0 Å². The molecule has 0 rings (SSSR count). The van der Waals surface area contributed by atoms with Gasteiger partial charge >= 0.3 is 48.9 Å². The number of ketones is 2. The molecule has 0 heterocycles. The number of carbonyl (C=O) groups excluding carboxylic acids is 2. The molecule has 0 aliphatic heterocycles. The standard InChI is InChI=1S/2C5H8O2.Ba.H2O/c2*1-4(6)3-5(2)7;;/h2*3,6H,1-2H3;;1H2/q;;+2;/p-2/b2*4-3+;;. The first-order valence-electron chi connectivity index (χ1n) is 3.97. The van der Waals surface area contributed by atoms with Crippen molar-refractivity contribution >= 4 is 60.4 Å². The predicted octanol–water partition coefficient (Wildman–Crippen LogP) is -1.53. The van der Waals surface area contributed by atoms with E-state index in [1.807, 2.05) is 0 Å². The fourth-order valence-electron chi connectivity index (χ4n) is 0.572. The zero-order valence-corrected chi connectivity index (χ0v) is 14.4. The van der Waals surface area contributed by atoms with E-state index in [-0.39, 0.29) is 77.4 Å². The van der Waals surface area contributed by atoms with Gasteiger partial charge in [-0.3, -0.25) is 9.59 Å². The number of hydrogen-bond acceptors (Lipinski definition) is 4. The Labute approximate surface area is 136 Å². The molecule has 0 radical (unpaired) electrons. The summed E-state index contributed by atoms with van der Waals surface area (Å²) in [7, 11) is 0. The molecule has 0 atom stereocenters. The molecule has 5 nitrogen and oxygen atoms in total. The van der Waals surface area contributed by atoms with Crippen molar-refractivity contribution in [3.63, 3.8) is 0 Å². The third kappa shape index (κ3) is 37.0. The minimum atomic E-state index is -0.187. The topological polar surface area (TPSA) is 112 Å². The van der Waals surface area contributed by atoms with E-state index >= 15 is 0 Å². The Kier molecular flexibility index (Phi) is 23.3. The van der Waals surface area contributed by atoms with Crippen LogP contribution in [0.2, 0.25) is 0 Å². The van der Waals surface area contributed by atoms with Crippen LogP contribution in [0.25, 0.3) is 0 Å². The van der Waals surface area contributed by atoms with Crippen molar-refractivity contribution in [2.24, 2.45) is 0 Å². The van der Waals surface area contributed by atoms with Crippen LogP contribution < -0.4 is 10.2 Å². The first kappa shape index (κ1) is 25.0. The Hall–Kier alpha value is -0.0486. The van der Waals surface area contributed by atoms with E-state index in [4.69, 9.17) is 0 Å². The average Bonchev–Trinajstić information content (AvgIpc) is 1.79. The monoisotopic (exact) mass is 354 g/mol. The molecule has 0 aliphatic carbocycles. The van der Waals surface area contributed by atoms with Gasteiger partial charge in [0.2, 0.25) is 0 Å². The van der Waals surface area contributed by atoms with Crippen molar-refractivity contribution in [2.45, 2.75) is 27.7 Å². The summed E-state index contributed by atoms with van der Waals surface area (Å²) in [6.07, 6.45) is 2.11. The number of carbonyl (C=O) groups is 2. The Morgan fingerprint density at radius 3 is 1.00 bits per heavy atom. The summed E-state index contributed by atoms with van der Waals surface area (Å²) in [6, 6.07) is 0. The molecular formula is C10H16BaO5. The van der Waals surface area contributed by atoms with Crippen molar-refractivity contribution in [1.82, 2.24) is 0 Å². The van der Waals surface area contributed by atoms with E-state index in [1.165, 1.54) is 27.7 Å². The second-order valence-electron chi connectivity index (χ2n) is 2.73. The molecule has 0 aromatic heterocycles. The Morgan fingerprint density at radius 1 is 0.812 bits per heavy atom. The van der Waals surface area contributed by atoms with Crippen LogP contribution in [0, 0.1) is 0 Å².